The van der Waals surface area contributed by atoms with Crippen LogP contribution >= 0.6 is 0 Å². The summed E-state index contributed by atoms with van der Waals surface area (Å²) in [5, 5.41) is 10.6. The van der Waals surface area contributed by atoms with Crippen LogP contribution in [0.5, 0.6) is 0 Å². The predicted octanol–water partition coefficient (Wildman–Crippen LogP) is 1.38. The molecule has 0 aromatic carbocycles. The summed E-state index contributed by atoms with van der Waals surface area (Å²) in [4.78, 5) is 32.4. The molecular formula is C22H36N6O2. The lowest BCUT2D eigenvalue weighted by atomic mass is 9.98. The molecule has 1 aromatic heterocycles. The molecule has 1 atom stereocenters. The van der Waals surface area contributed by atoms with Crippen molar-refractivity contribution in [2.75, 3.05) is 46.3 Å². The number of fused-ring (bicyclic) bond motifs is 2. The third kappa shape index (κ3) is 5.03. The highest BCUT2D eigenvalue weighted by atomic mass is 16.2. The van der Waals surface area contributed by atoms with Gasteiger partial charge in [0.25, 0.3) is 5.91 Å². The Bertz CT molecular complexity index is 748. The van der Waals surface area contributed by atoms with E-state index in [1.807, 2.05) is 4.90 Å². The molecule has 2 N–H and O–H groups in total. The molecule has 166 valence electrons. The van der Waals surface area contributed by atoms with Gasteiger partial charge in [-0.1, -0.05) is 6.42 Å². The minimum atomic E-state index is 0.0276. The third-order valence-electron chi connectivity index (χ3n) is 6.83. The van der Waals surface area contributed by atoms with Crippen LogP contribution < -0.4 is 5.32 Å². The van der Waals surface area contributed by atoms with Gasteiger partial charge in [0.1, 0.15) is 0 Å². The fourth-order valence-electron chi connectivity index (χ4n) is 5.06. The number of hydrogen-bond donors (Lipinski definition) is 2. The SMILES string of the molecule is CN1CCc2[nH]nc(C(=O)N3CCCCN4CCCCC4CC(=O)NCCC3)c2C1. The van der Waals surface area contributed by atoms with Gasteiger partial charge >= 0.3 is 0 Å². The van der Waals surface area contributed by atoms with E-state index in [2.05, 4.69) is 32.4 Å². The highest BCUT2D eigenvalue weighted by molar-refractivity contribution is 5.94. The Labute approximate surface area is 179 Å². The number of carbonyl (C=O) groups excluding carboxylic acids is 2. The van der Waals surface area contributed by atoms with E-state index in [1.165, 1.54) is 12.8 Å². The van der Waals surface area contributed by atoms with Crippen molar-refractivity contribution in [3.63, 3.8) is 0 Å². The van der Waals surface area contributed by atoms with Gasteiger partial charge < -0.3 is 15.1 Å². The number of nitrogens with zero attached hydrogens (tertiary/aromatic N) is 4. The maximum Gasteiger partial charge on any atom is 0.274 e. The minimum absolute atomic E-state index is 0.0276. The number of aromatic amines is 1. The molecule has 2 saturated heterocycles. The molecule has 8 heteroatoms. The van der Waals surface area contributed by atoms with Crippen molar-refractivity contribution in [2.24, 2.45) is 0 Å². The molecule has 0 bridgehead atoms. The van der Waals surface area contributed by atoms with Crippen molar-refractivity contribution < 1.29 is 9.59 Å². The molecule has 2 fully saturated rings. The number of aromatic nitrogens is 2. The number of carbonyl (C=O) groups is 2. The average Bonchev–Trinajstić information content (AvgIpc) is 3.16. The summed E-state index contributed by atoms with van der Waals surface area (Å²) < 4.78 is 0. The van der Waals surface area contributed by atoms with Gasteiger partial charge in [-0.05, 0) is 52.2 Å². The lowest BCUT2D eigenvalue weighted by Crippen LogP contribution is -2.43. The maximum absolute atomic E-state index is 13.3. The standard InChI is InChI=1S/C22H36N6O2/c1-26-14-8-19-18(16-26)21(25-24-19)22(30)28-12-5-4-11-27-10-3-2-7-17(27)15-20(29)23-9-6-13-28/h17H,2-16H2,1H3,(H,23,29)(H,24,25). The quantitative estimate of drug-likeness (QED) is 0.723. The summed E-state index contributed by atoms with van der Waals surface area (Å²) in [5.41, 5.74) is 2.74. The van der Waals surface area contributed by atoms with E-state index in [1.54, 1.807) is 0 Å². The van der Waals surface area contributed by atoms with Crippen LogP contribution in [0, 0.1) is 0 Å². The largest absolute Gasteiger partial charge is 0.356 e. The molecule has 3 aliphatic heterocycles. The Morgan fingerprint density at radius 3 is 2.67 bits per heavy atom. The number of likely N-dealkylation sites (N-methyl/N-ethyl adjacent to an activating group) is 1. The normalized spacial score (nSPS) is 25.3. The zero-order valence-electron chi connectivity index (χ0n) is 18.3. The van der Waals surface area contributed by atoms with Crippen LogP contribution in [0.25, 0.3) is 0 Å². The van der Waals surface area contributed by atoms with Crippen LogP contribution in [0.1, 0.15) is 66.7 Å². The van der Waals surface area contributed by atoms with Gasteiger partial charge in [0.15, 0.2) is 5.69 Å². The number of rotatable bonds is 1. The van der Waals surface area contributed by atoms with Gasteiger partial charge in [-0.15, -0.1) is 0 Å². The van der Waals surface area contributed by atoms with E-state index in [0.29, 0.717) is 31.2 Å². The summed E-state index contributed by atoms with van der Waals surface area (Å²) in [6, 6.07) is 0.379. The van der Waals surface area contributed by atoms with Crippen molar-refractivity contribution in [3.8, 4) is 0 Å². The Balaban J connectivity index is 1.43. The molecular weight excluding hydrogens is 380 g/mol. The highest BCUT2D eigenvalue weighted by Crippen LogP contribution is 2.22. The second-order valence-corrected chi connectivity index (χ2v) is 9.11. The number of nitrogens with one attached hydrogen (secondary N) is 2. The first-order chi connectivity index (χ1) is 14.6. The summed E-state index contributed by atoms with van der Waals surface area (Å²) in [7, 11) is 2.08. The summed E-state index contributed by atoms with van der Waals surface area (Å²) >= 11 is 0. The third-order valence-corrected chi connectivity index (χ3v) is 6.83. The molecule has 4 rings (SSSR count). The number of H-pyrrole nitrogens is 1. The van der Waals surface area contributed by atoms with Gasteiger partial charge in [-0.2, -0.15) is 5.10 Å². The maximum atomic E-state index is 13.3. The van der Waals surface area contributed by atoms with Gasteiger partial charge in [0.2, 0.25) is 5.91 Å². The van der Waals surface area contributed by atoms with E-state index in [0.717, 1.165) is 76.1 Å². The minimum Gasteiger partial charge on any atom is -0.356 e. The Kier molecular flexibility index (Phi) is 7.04. The summed E-state index contributed by atoms with van der Waals surface area (Å²) in [5.74, 6) is 0.174. The lowest BCUT2D eigenvalue weighted by Gasteiger charge is -2.35. The van der Waals surface area contributed by atoms with Gasteiger partial charge in [-0.25, -0.2) is 0 Å². The molecule has 8 nitrogen and oxygen atoms in total. The van der Waals surface area contributed by atoms with Crippen LogP contribution in [0.15, 0.2) is 0 Å². The predicted molar refractivity (Wildman–Crippen MR) is 115 cm³/mol. The fraction of sp³-hybridized carbons (Fsp3) is 0.773. The molecule has 3 aliphatic rings. The monoisotopic (exact) mass is 416 g/mol. The second-order valence-electron chi connectivity index (χ2n) is 9.11. The second kappa shape index (κ2) is 9.92. The molecule has 1 unspecified atom stereocenters. The molecule has 0 spiro atoms. The number of hydrogen-bond acceptors (Lipinski definition) is 5. The van der Waals surface area contributed by atoms with Crippen LogP contribution in [0.3, 0.4) is 0 Å². The Hall–Kier alpha value is -1.93. The molecule has 0 radical (unpaired) electrons. The van der Waals surface area contributed by atoms with Gasteiger partial charge in [0.05, 0.1) is 0 Å². The number of amides is 2. The van der Waals surface area contributed by atoms with Crippen LogP contribution in [-0.4, -0.2) is 89.1 Å². The molecule has 0 aliphatic carbocycles. The van der Waals surface area contributed by atoms with Crippen LogP contribution in [-0.2, 0) is 17.8 Å². The van der Waals surface area contributed by atoms with Crippen molar-refractivity contribution >= 4 is 11.8 Å². The molecule has 4 heterocycles. The molecule has 30 heavy (non-hydrogen) atoms. The van der Waals surface area contributed by atoms with E-state index in [9.17, 15) is 9.59 Å². The smallest absolute Gasteiger partial charge is 0.274 e. The van der Waals surface area contributed by atoms with E-state index < -0.39 is 0 Å². The van der Waals surface area contributed by atoms with E-state index in [-0.39, 0.29) is 11.8 Å². The molecule has 0 saturated carbocycles. The van der Waals surface area contributed by atoms with E-state index >= 15 is 0 Å². The first kappa shape index (κ1) is 21.3. The summed E-state index contributed by atoms with van der Waals surface area (Å²) in [6.07, 6.45) is 7.91. The lowest BCUT2D eigenvalue weighted by molar-refractivity contribution is -0.122. The Morgan fingerprint density at radius 1 is 1.03 bits per heavy atom. The molecule has 1 aromatic rings. The zero-order chi connectivity index (χ0) is 20.9. The van der Waals surface area contributed by atoms with Crippen molar-refractivity contribution in [1.29, 1.82) is 0 Å². The first-order valence-electron chi connectivity index (χ1n) is 11.7. The van der Waals surface area contributed by atoms with Crippen LogP contribution in [0.4, 0.5) is 0 Å². The van der Waals surface area contributed by atoms with Crippen molar-refractivity contribution in [1.82, 2.24) is 30.2 Å². The fourth-order valence-corrected chi connectivity index (χ4v) is 5.06. The van der Waals surface area contributed by atoms with E-state index in [4.69, 9.17) is 0 Å². The number of piperidine rings is 1. The van der Waals surface area contributed by atoms with Crippen molar-refractivity contribution in [3.05, 3.63) is 17.0 Å². The topological polar surface area (TPSA) is 84.6 Å². The molecule has 2 amide bonds. The first-order valence-corrected chi connectivity index (χ1v) is 11.7. The highest BCUT2D eigenvalue weighted by Gasteiger charge is 2.28. The van der Waals surface area contributed by atoms with Crippen LogP contribution in [0.2, 0.25) is 0 Å². The van der Waals surface area contributed by atoms with Gasteiger partial charge in [0, 0.05) is 62.9 Å². The van der Waals surface area contributed by atoms with Gasteiger partial charge in [-0.3, -0.25) is 19.6 Å². The Morgan fingerprint density at radius 2 is 1.80 bits per heavy atom. The average molecular weight is 417 g/mol. The zero-order valence-corrected chi connectivity index (χ0v) is 18.3. The van der Waals surface area contributed by atoms with Crippen molar-refractivity contribution in [2.45, 2.75) is 64.0 Å². The summed E-state index contributed by atoms with van der Waals surface area (Å²) in [6.45, 7) is 5.90.